The van der Waals surface area contributed by atoms with Gasteiger partial charge in [-0.25, -0.2) is 0 Å². The van der Waals surface area contributed by atoms with Gasteiger partial charge in [-0.05, 0) is 18.8 Å². The Kier molecular flexibility index (Phi) is 4.85. The number of ether oxygens (including phenoxy) is 3. The van der Waals surface area contributed by atoms with Gasteiger partial charge in [-0.3, -0.25) is 0 Å². The van der Waals surface area contributed by atoms with Crippen molar-refractivity contribution in [2.75, 3.05) is 19.8 Å². The quantitative estimate of drug-likeness (QED) is 0.619. The molecule has 0 bridgehead atoms. The van der Waals surface area contributed by atoms with E-state index in [1.54, 1.807) is 0 Å². The van der Waals surface area contributed by atoms with E-state index in [9.17, 15) is 0 Å². The molecule has 1 atom stereocenters. The van der Waals surface area contributed by atoms with Gasteiger partial charge in [-0.15, -0.1) is 0 Å². The van der Waals surface area contributed by atoms with E-state index in [2.05, 4.69) is 20.8 Å². The van der Waals surface area contributed by atoms with Gasteiger partial charge in [0, 0.05) is 6.42 Å². The van der Waals surface area contributed by atoms with Crippen molar-refractivity contribution in [1.29, 1.82) is 0 Å². The first-order valence-corrected chi connectivity index (χ1v) is 5.64. The zero-order chi connectivity index (χ0) is 10.4. The highest BCUT2D eigenvalue weighted by Gasteiger charge is 2.41. The Bertz CT molecular complexity index is 151. The largest absolute Gasteiger partial charge is 0.327 e. The lowest BCUT2D eigenvalue weighted by molar-refractivity contribution is -0.361. The molecule has 1 unspecified atom stereocenters. The second kappa shape index (κ2) is 5.69. The molecule has 1 aliphatic rings. The topological polar surface area (TPSA) is 27.7 Å². The first-order valence-electron chi connectivity index (χ1n) is 5.64. The Hall–Kier alpha value is -0.120. The van der Waals surface area contributed by atoms with Crippen LogP contribution < -0.4 is 0 Å². The van der Waals surface area contributed by atoms with E-state index in [1.165, 1.54) is 0 Å². The fourth-order valence-corrected chi connectivity index (χ4v) is 1.57. The Morgan fingerprint density at radius 2 is 1.79 bits per heavy atom. The van der Waals surface area contributed by atoms with E-state index < -0.39 is 5.97 Å². The minimum atomic E-state index is -0.731. The van der Waals surface area contributed by atoms with Crippen LogP contribution in [0.5, 0.6) is 0 Å². The predicted molar refractivity (Wildman–Crippen MR) is 55.0 cm³/mol. The third-order valence-corrected chi connectivity index (χ3v) is 2.24. The lowest BCUT2D eigenvalue weighted by atomic mass is 10.1. The maximum Gasteiger partial charge on any atom is 0.283 e. The Morgan fingerprint density at radius 1 is 1.21 bits per heavy atom. The van der Waals surface area contributed by atoms with Crippen LogP contribution in [0.1, 0.15) is 40.0 Å². The molecule has 0 aliphatic carbocycles. The number of hydrogen-bond donors (Lipinski definition) is 0. The maximum atomic E-state index is 5.67. The summed E-state index contributed by atoms with van der Waals surface area (Å²) in [6.45, 7) is 8.49. The molecular formula is C11H22O3. The van der Waals surface area contributed by atoms with Gasteiger partial charge in [-0.2, -0.15) is 0 Å². The lowest BCUT2D eigenvalue weighted by Gasteiger charge is -2.28. The molecule has 3 nitrogen and oxygen atoms in total. The summed E-state index contributed by atoms with van der Waals surface area (Å²) in [5.74, 6) is -0.200. The van der Waals surface area contributed by atoms with Gasteiger partial charge >= 0.3 is 0 Å². The molecule has 0 aromatic rings. The lowest BCUT2D eigenvalue weighted by Crippen LogP contribution is -2.36. The van der Waals surface area contributed by atoms with Gasteiger partial charge in [0.1, 0.15) is 0 Å². The third kappa shape index (κ3) is 3.23. The van der Waals surface area contributed by atoms with Crippen molar-refractivity contribution in [1.82, 2.24) is 0 Å². The summed E-state index contributed by atoms with van der Waals surface area (Å²) in [6.07, 6.45) is 2.84. The molecule has 1 saturated heterocycles. The van der Waals surface area contributed by atoms with E-state index in [0.717, 1.165) is 25.9 Å². The predicted octanol–water partition coefficient (Wildman–Crippen LogP) is 2.55. The van der Waals surface area contributed by atoms with Gasteiger partial charge in [0.05, 0.1) is 19.8 Å². The SMILES string of the molecule is CCCOC1(OCCC)CC(C)CO1. The standard InChI is InChI=1S/C11H22O3/c1-4-6-12-11(13-7-5-2)8-10(3)9-14-11/h10H,4-9H2,1-3H3. The molecule has 1 fully saturated rings. The van der Waals surface area contributed by atoms with Crippen molar-refractivity contribution < 1.29 is 14.2 Å². The van der Waals surface area contributed by atoms with Crippen LogP contribution in [0.4, 0.5) is 0 Å². The zero-order valence-corrected chi connectivity index (χ0v) is 9.54. The van der Waals surface area contributed by atoms with Crippen LogP contribution in [-0.4, -0.2) is 25.8 Å². The average Bonchev–Trinajstić information content (AvgIpc) is 2.55. The van der Waals surface area contributed by atoms with Gasteiger partial charge in [0.15, 0.2) is 0 Å². The highest BCUT2D eigenvalue weighted by Crippen LogP contribution is 2.32. The van der Waals surface area contributed by atoms with Crippen LogP contribution >= 0.6 is 0 Å². The molecule has 0 aromatic carbocycles. The van der Waals surface area contributed by atoms with E-state index in [0.29, 0.717) is 19.1 Å². The van der Waals surface area contributed by atoms with E-state index in [-0.39, 0.29) is 0 Å². The molecule has 14 heavy (non-hydrogen) atoms. The van der Waals surface area contributed by atoms with Crippen LogP contribution in [0.15, 0.2) is 0 Å². The third-order valence-electron chi connectivity index (χ3n) is 2.24. The van der Waals surface area contributed by atoms with Crippen molar-refractivity contribution in [2.45, 2.75) is 46.0 Å². The monoisotopic (exact) mass is 202 g/mol. The first kappa shape index (κ1) is 12.0. The summed E-state index contributed by atoms with van der Waals surface area (Å²) in [4.78, 5) is 0. The minimum Gasteiger partial charge on any atom is -0.327 e. The average molecular weight is 202 g/mol. The summed E-state index contributed by atoms with van der Waals surface area (Å²) in [7, 11) is 0. The maximum absolute atomic E-state index is 5.67. The second-order valence-corrected chi connectivity index (χ2v) is 4.00. The molecule has 3 heteroatoms. The summed E-state index contributed by atoms with van der Waals surface area (Å²) < 4.78 is 16.9. The molecular weight excluding hydrogens is 180 g/mol. The highest BCUT2D eigenvalue weighted by molar-refractivity contribution is 4.71. The fourth-order valence-electron chi connectivity index (χ4n) is 1.57. The molecule has 0 saturated carbocycles. The Morgan fingerprint density at radius 3 is 2.14 bits per heavy atom. The van der Waals surface area contributed by atoms with Crippen molar-refractivity contribution in [3.8, 4) is 0 Å². The molecule has 1 aliphatic heterocycles. The molecule has 0 spiro atoms. The van der Waals surface area contributed by atoms with E-state index in [1.807, 2.05) is 0 Å². The highest BCUT2D eigenvalue weighted by atomic mass is 16.9. The molecule has 0 aromatic heterocycles. The van der Waals surface area contributed by atoms with E-state index >= 15 is 0 Å². The molecule has 0 amide bonds. The van der Waals surface area contributed by atoms with Crippen LogP contribution in [0.3, 0.4) is 0 Å². The summed E-state index contributed by atoms with van der Waals surface area (Å²) in [6, 6.07) is 0. The first-order chi connectivity index (χ1) is 6.72. The van der Waals surface area contributed by atoms with Gasteiger partial charge < -0.3 is 14.2 Å². The summed E-state index contributed by atoms with van der Waals surface area (Å²) in [5, 5.41) is 0. The summed E-state index contributed by atoms with van der Waals surface area (Å²) >= 11 is 0. The molecule has 1 rings (SSSR count). The Balaban J connectivity index is 2.42. The van der Waals surface area contributed by atoms with Crippen molar-refractivity contribution in [3.05, 3.63) is 0 Å². The smallest absolute Gasteiger partial charge is 0.283 e. The van der Waals surface area contributed by atoms with Gasteiger partial charge in [0.25, 0.3) is 5.97 Å². The normalized spacial score (nSPS) is 25.5. The molecule has 0 radical (unpaired) electrons. The van der Waals surface area contributed by atoms with Crippen LogP contribution in [0.25, 0.3) is 0 Å². The number of rotatable bonds is 6. The molecule has 1 heterocycles. The van der Waals surface area contributed by atoms with Gasteiger partial charge in [-0.1, -0.05) is 20.8 Å². The summed E-state index contributed by atoms with van der Waals surface area (Å²) in [5.41, 5.74) is 0. The Labute approximate surface area is 86.7 Å². The van der Waals surface area contributed by atoms with Crippen LogP contribution in [-0.2, 0) is 14.2 Å². The van der Waals surface area contributed by atoms with E-state index in [4.69, 9.17) is 14.2 Å². The molecule has 84 valence electrons. The minimum absolute atomic E-state index is 0.531. The van der Waals surface area contributed by atoms with Crippen molar-refractivity contribution in [3.63, 3.8) is 0 Å². The van der Waals surface area contributed by atoms with Crippen molar-refractivity contribution >= 4 is 0 Å². The molecule has 0 N–H and O–H groups in total. The van der Waals surface area contributed by atoms with Crippen LogP contribution in [0.2, 0.25) is 0 Å². The second-order valence-electron chi connectivity index (χ2n) is 4.00. The fraction of sp³-hybridized carbons (Fsp3) is 1.00. The number of hydrogen-bond acceptors (Lipinski definition) is 3. The van der Waals surface area contributed by atoms with Gasteiger partial charge in [0.2, 0.25) is 0 Å². The van der Waals surface area contributed by atoms with Crippen molar-refractivity contribution in [2.24, 2.45) is 5.92 Å². The van der Waals surface area contributed by atoms with Crippen LogP contribution in [0, 0.1) is 5.92 Å². The zero-order valence-electron chi connectivity index (χ0n) is 9.54.